The van der Waals surface area contributed by atoms with Crippen molar-refractivity contribution in [3.05, 3.63) is 29.3 Å². The summed E-state index contributed by atoms with van der Waals surface area (Å²) in [5.41, 5.74) is 2.64. The van der Waals surface area contributed by atoms with Crippen LogP contribution in [-0.4, -0.2) is 12.4 Å². The van der Waals surface area contributed by atoms with Crippen molar-refractivity contribution in [1.29, 1.82) is 0 Å². The number of carbonyl (C=O) groups is 1. The number of hydrogen-bond donors (Lipinski definition) is 0. The van der Waals surface area contributed by atoms with E-state index in [9.17, 15) is 4.79 Å². The molecule has 0 radical (unpaired) electrons. The van der Waals surface area contributed by atoms with E-state index in [2.05, 4.69) is 32.9 Å². The number of carbonyl (C=O) groups excluding carboxylic acids is 1. The standard InChI is InChI=1S/C16H22O2/c1-16(2,3)11-14(17)6-4-12-5-7-15-13(10-12)8-9-18-15/h5,7,10H,4,6,8-9,11H2,1-3H3. The third kappa shape index (κ3) is 3.59. The quantitative estimate of drug-likeness (QED) is 0.812. The van der Waals surface area contributed by atoms with E-state index < -0.39 is 0 Å². The van der Waals surface area contributed by atoms with Gasteiger partial charge < -0.3 is 4.74 Å². The summed E-state index contributed by atoms with van der Waals surface area (Å²) in [6.07, 6.45) is 3.17. The lowest BCUT2D eigenvalue weighted by molar-refractivity contribution is -0.120. The second-order valence-corrected chi connectivity index (χ2v) is 6.32. The maximum atomic E-state index is 11.8. The maximum absolute atomic E-state index is 11.8. The van der Waals surface area contributed by atoms with Gasteiger partial charge in [0.15, 0.2) is 0 Å². The van der Waals surface area contributed by atoms with E-state index in [1.165, 1.54) is 11.1 Å². The van der Waals surface area contributed by atoms with Crippen LogP contribution in [0.5, 0.6) is 5.75 Å². The molecule has 0 bridgehead atoms. The Bertz CT molecular complexity index is 441. The fourth-order valence-corrected chi connectivity index (χ4v) is 2.36. The Kier molecular flexibility index (Phi) is 3.74. The van der Waals surface area contributed by atoms with Crippen LogP contribution in [0.2, 0.25) is 0 Å². The van der Waals surface area contributed by atoms with Gasteiger partial charge in [0.1, 0.15) is 11.5 Å². The molecule has 0 unspecified atom stereocenters. The van der Waals surface area contributed by atoms with E-state index in [4.69, 9.17) is 4.74 Å². The van der Waals surface area contributed by atoms with Crippen molar-refractivity contribution < 1.29 is 9.53 Å². The first-order valence-electron chi connectivity index (χ1n) is 6.70. The topological polar surface area (TPSA) is 26.3 Å². The number of rotatable bonds is 4. The first kappa shape index (κ1) is 13.1. The molecule has 0 N–H and O–H groups in total. The van der Waals surface area contributed by atoms with Crippen molar-refractivity contribution >= 4 is 5.78 Å². The summed E-state index contributed by atoms with van der Waals surface area (Å²) in [7, 11) is 0. The smallest absolute Gasteiger partial charge is 0.133 e. The number of hydrogen-bond acceptors (Lipinski definition) is 2. The summed E-state index contributed by atoms with van der Waals surface area (Å²) in [6, 6.07) is 6.30. The number of ketones is 1. The highest BCUT2D eigenvalue weighted by Crippen LogP contribution is 2.26. The van der Waals surface area contributed by atoms with E-state index in [0.717, 1.165) is 25.2 Å². The highest BCUT2D eigenvalue weighted by molar-refractivity contribution is 5.79. The van der Waals surface area contributed by atoms with Gasteiger partial charge in [0.2, 0.25) is 0 Å². The summed E-state index contributed by atoms with van der Waals surface area (Å²) in [5.74, 6) is 1.37. The van der Waals surface area contributed by atoms with Crippen molar-refractivity contribution in [2.24, 2.45) is 5.41 Å². The number of benzene rings is 1. The van der Waals surface area contributed by atoms with Crippen molar-refractivity contribution in [1.82, 2.24) is 0 Å². The zero-order valence-corrected chi connectivity index (χ0v) is 11.6. The van der Waals surface area contributed by atoms with Gasteiger partial charge in [-0.1, -0.05) is 32.9 Å². The molecule has 0 spiro atoms. The molecule has 0 atom stereocenters. The van der Waals surface area contributed by atoms with Gasteiger partial charge in [0.05, 0.1) is 6.61 Å². The Labute approximate surface area is 109 Å². The minimum absolute atomic E-state index is 0.100. The molecule has 2 heteroatoms. The number of Topliss-reactive ketones (excluding diaryl/α,β-unsaturated/α-hetero) is 1. The van der Waals surface area contributed by atoms with Gasteiger partial charge in [-0.15, -0.1) is 0 Å². The van der Waals surface area contributed by atoms with E-state index >= 15 is 0 Å². The molecule has 1 aromatic carbocycles. The maximum Gasteiger partial charge on any atom is 0.133 e. The molecule has 2 rings (SSSR count). The molecule has 2 nitrogen and oxygen atoms in total. The van der Waals surface area contributed by atoms with Crippen LogP contribution in [0.25, 0.3) is 0 Å². The molecule has 0 amide bonds. The van der Waals surface area contributed by atoms with Gasteiger partial charge in [0, 0.05) is 19.3 Å². The van der Waals surface area contributed by atoms with Gasteiger partial charge in [0.25, 0.3) is 0 Å². The summed E-state index contributed by atoms with van der Waals surface area (Å²) in [6.45, 7) is 7.12. The Morgan fingerprint density at radius 2 is 2.11 bits per heavy atom. The molecule has 98 valence electrons. The average molecular weight is 246 g/mol. The van der Waals surface area contributed by atoms with Gasteiger partial charge in [-0.05, 0) is 29.0 Å². The molecule has 0 aromatic heterocycles. The molecule has 1 aromatic rings. The van der Waals surface area contributed by atoms with Crippen LogP contribution in [0.4, 0.5) is 0 Å². The van der Waals surface area contributed by atoms with Crippen LogP contribution < -0.4 is 4.74 Å². The van der Waals surface area contributed by atoms with Crippen LogP contribution in [0.1, 0.15) is 44.7 Å². The molecule has 18 heavy (non-hydrogen) atoms. The number of fused-ring (bicyclic) bond motifs is 1. The fraction of sp³-hybridized carbons (Fsp3) is 0.562. The Morgan fingerprint density at radius 3 is 2.83 bits per heavy atom. The monoisotopic (exact) mass is 246 g/mol. The molecule has 1 aliphatic heterocycles. The van der Waals surface area contributed by atoms with Crippen LogP contribution in [0.15, 0.2) is 18.2 Å². The largest absolute Gasteiger partial charge is 0.493 e. The van der Waals surface area contributed by atoms with Crippen LogP contribution in [0, 0.1) is 5.41 Å². The molecule has 1 aliphatic rings. The minimum Gasteiger partial charge on any atom is -0.493 e. The molecular weight excluding hydrogens is 224 g/mol. The van der Waals surface area contributed by atoms with Gasteiger partial charge in [-0.25, -0.2) is 0 Å². The predicted octanol–water partition coefficient (Wildman–Crippen LogP) is 3.56. The summed E-state index contributed by atoms with van der Waals surface area (Å²) >= 11 is 0. The molecule has 0 fully saturated rings. The van der Waals surface area contributed by atoms with Crippen LogP contribution >= 0.6 is 0 Å². The summed E-state index contributed by atoms with van der Waals surface area (Å²) < 4.78 is 5.48. The van der Waals surface area contributed by atoms with E-state index in [1.54, 1.807) is 0 Å². The zero-order chi connectivity index (χ0) is 13.2. The fourth-order valence-electron chi connectivity index (χ4n) is 2.36. The van der Waals surface area contributed by atoms with Gasteiger partial charge >= 0.3 is 0 Å². The lowest BCUT2D eigenvalue weighted by atomic mass is 9.88. The third-order valence-corrected chi connectivity index (χ3v) is 3.17. The van der Waals surface area contributed by atoms with Crippen molar-refractivity contribution in [3.63, 3.8) is 0 Å². The Morgan fingerprint density at radius 1 is 1.33 bits per heavy atom. The van der Waals surface area contributed by atoms with Gasteiger partial charge in [-0.3, -0.25) is 4.79 Å². The van der Waals surface area contributed by atoms with E-state index in [0.29, 0.717) is 18.6 Å². The lowest BCUT2D eigenvalue weighted by Gasteiger charge is -2.16. The molecular formula is C16H22O2. The molecule has 1 heterocycles. The van der Waals surface area contributed by atoms with Crippen molar-refractivity contribution in [3.8, 4) is 5.75 Å². The second-order valence-electron chi connectivity index (χ2n) is 6.32. The summed E-state index contributed by atoms with van der Waals surface area (Å²) in [5, 5.41) is 0. The highest BCUT2D eigenvalue weighted by Gasteiger charge is 2.16. The first-order valence-corrected chi connectivity index (χ1v) is 6.70. The first-order chi connectivity index (χ1) is 8.44. The number of aryl methyl sites for hydroxylation is 1. The van der Waals surface area contributed by atoms with Gasteiger partial charge in [-0.2, -0.15) is 0 Å². The average Bonchev–Trinajstić information content (AvgIpc) is 2.71. The van der Waals surface area contributed by atoms with E-state index in [-0.39, 0.29) is 5.41 Å². The molecule has 0 aliphatic carbocycles. The van der Waals surface area contributed by atoms with E-state index in [1.807, 2.05) is 6.07 Å². The van der Waals surface area contributed by atoms with Crippen molar-refractivity contribution in [2.45, 2.75) is 46.5 Å². The number of ether oxygens (including phenoxy) is 1. The predicted molar refractivity (Wildman–Crippen MR) is 73.0 cm³/mol. The van der Waals surface area contributed by atoms with Crippen LogP contribution in [0.3, 0.4) is 0 Å². The SMILES string of the molecule is CC(C)(C)CC(=O)CCc1ccc2c(c1)CCO2. The van der Waals surface area contributed by atoms with Crippen molar-refractivity contribution in [2.75, 3.05) is 6.61 Å². The Hall–Kier alpha value is -1.31. The van der Waals surface area contributed by atoms with Crippen LogP contribution in [-0.2, 0) is 17.6 Å². The lowest BCUT2D eigenvalue weighted by Crippen LogP contribution is -2.13. The molecule has 0 saturated carbocycles. The Balaban J connectivity index is 1.89. The highest BCUT2D eigenvalue weighted by atomic mass is 16.5. The third-order valence-electron chi connectivity index (χ3n) is 3.17. The molecule has 0 saturated heterocycles. The minimum atomic E-state index is 0.100. The zero-order valence-electron chi connectivity index (χ0n) is 11.6. The normalized spacial score (nSPS) is 14.2. The summed E-state index contributed by atoms with van der Waals surface area (Å²) in [4.78, 5) is 11.8. The second kappa shape index (κ2) is 5.13.